The number of hydrogen-bond acceptors (Lipinski definition) is 2. The van der Waals surface area contributed by atoms with Gasteiger partial charge in [-0.05, 0) is 6.42 Å². The number of aliphatic hydroxyl groups is 1. The van der Waals surface area contributed by atoms with E-state index in [1.165, 1.54) is 0 Å². The Morgan fingerprint density at radius 2 is 2.60 bits per heavy atom. The van der Waals surface area contributed by atoms with Crippen molar-refractivity contribution >= 4 is 5.91 Å². The summed E-state index contributed by atoms with van der Waals surface area (Å²) in [6.07, 6.45) is 5.64. The van der Waals surface area contributed by atoms with Crippen molar-refractivity contribution in [1.82, 2.24) is 5.32 Å². The largest absolute Gasteiger partial charge is 0.394 e. The van der Waals surface area contributed by atoms with Crippen LogP contribution in [0.5, 0.6) is 0 Å². The molecule has 0 aromatic carbocycles. The van der Waals surface area contributed by atoms with Crippen LogP contribution in [0.15, 0.2) is 0 Å². The van der Waals surface area contributed by atoms with Crippen LogP contribution >= 0.6 is 0 Å². The minimum atomic E-state index is -0.931. The molecule has 1 rings (SSSR count). The van der Waals surface area contributed by atoms with Gasteiger partial charge in [0.2, 0.25) is 5.91 Å². The van der Waals surface area contributed by atoms with Crippen LogP contribution in [0.2, 0.25) is 0 Å². The first-order chi connectivity index (χ1) is 4.75. The quantitative estimate of drug-likeness (QED) is 0.463. The number of carbonyl (C=O) groups is 1. The van der Waals surface area contributed by atoms with Gasteiger partial charge in [0.25, 0.3) is 0 Å². The summed E-state index contributed by atoms with van der Waals surface area (Å²) in [5.41, 5.74) is -0.931. The Balaban J connectivity index is 2.84. The first-order valence-corrected chi connectivity index (χ1v) is 3.12. The van der Waals surface area contributed by atoms with Crippen LogP contribution in [0.1, 0.15) is 6.42 Å². The van der Waals surface area contributed by atoms with E-state index < -0.39 is 5.41 Å². The molecule has 0 aromatic heterocycles. The topological polar surface area (TPSA) is 49.3 Å². The molecule has 1 amide bonds. The number of rotatable bonds is 1. The Hall–Kier alpha value is -1.01. The van der Waals surface area contributed by atoms with E-state index in [1.807, 2.05) is 0 Å². The second-order valence-electron chi connectivity index (χ2n) is 2.39. The maximum Gasteiger partial charge on any atom is 0.240 e. The SMILES string of the molecule is C#CC1(CO)CCNC1=O. The Bertz CT molecular complexity index is 194. The summed E-state index contributed by atoms with van der Waals surface area (Å²) in [7, 11) is 0. The van der Waals surface area contributed by atoms with Gasteiger partial charge in [-0.3, -0.25) is 4.79 Å². The lowest BCUT2D eigenvalue weighted by atomic mass is 9.89. The summed E-state index contributed by atoms with van der Waals surface area (Å²) in [6.45, 7) is 0.318. The van der Waals surface area contributed by atoms with Gasteiger partial charge in [-0.25, -0.2) is 0 Å². The smallest absolute Gasteiger partial charge is 0.240 e. The van der Waals surface area contributed by atoms with Gasteiger partial charge in [0, 0.05) is 6.54 Å². The van der Waals surface area contributed by atoms with E-state index in [2.05, 4.69) is 11.2 Å². The Morgan fingerprint density at radius 1 is 1.90 bits per heavy atom. The molecule has 2 N–H and O–H groups in total. The number of terminal acetylenes is 1. The van der Waals surface area contributed by atoms with Crippen molar-refractivity contribution in [2.24, 2.45) is 5.41 Å². The molecular weight excluding hydrogens is 130 g/mol. The number of hydrogen-bond donors (Lipinski definition) is 2. The lowest BCUT2D eigenvalue weighted by Gasteiger charge is -2.14. The molecule has 0 aromatic rings. The minimum absolute atomic E-state index is 0.225. The van der Waals surface area contributed by atoms with E-state index in [0.717, 1.165) is 0 Å². The van der Waals surface area contributed by atoms with Crippen molar-refractivity contribution in [3.05, 3.63) is 0 Å². The fourth-order valence-electron chi connectivity index (χ4n) is 1.01. The Labute approximate surface area is 59.4 Å². The van der Waals surface area contributed by atoms with Gasteiger partial charge in [0.05, 0.1) is 6.61 Å². The number of carbonyl (C=O) groups excluding carboxylic acids is 1. The highest BCUT2D eigenvalue weighted by molar-refractivity contribution is 5.87. The van der Waals surface area contributed by atoms with Crippen LogP contribution < -0.4 is 5.32 Å². The van der Waals surface area contributed by atoms with Crippen LogP contribution in [0, 0.1) is 17.8 Å². The van der Waals surface area contributed by atoms with E-state index in [1.54, 1.807) is 0 Å². The highest BCUT2D eigenvalue weighted by Crippen LogP contribution is 2.24. The summed E-state index contributed by atoms with van der Waals surface area (Å²) in [6, 6.07) is 0. The highest BCUT2D eigenvalue weighted by atomic mass is 16.3. The molecule has 10 heavy (non-hydrogen) atoms. The fraction of sp³-hybridized carbons (Fsp3) is 0.571. The van der Waals surface area contributed by atoms with Crippen LogP contribution in [0.25, 0.3) is 0 Å². The predicted octanol–water partition coefficient (Wildman–Crippen LogP) is -0.882. The van der Waals surface area contributed by atoms with Crippen molar-refractivity contribution in [3.63, 3.8) is 0 Å². The molecule has 0 aliphatic carbocycles. The van der Waals surface area contributed by atoms with E-state index in [-0.39, 0.29) is 12.5 Å². The highest BCUT2D eigenvalue weighted by Gasteiger charge is 2.39. The Kier molecular flexibility index (Phi) is 1.64. The first kappa shape index (κ1) is 7.10. The fourth-order valence-corrected chi connectivity index (χ4v) is 1.01. The number of nitrogens with one attached hydrogen (secondary N) is 1. The van der Waals surface area contributed by atoms with Crippen molar-refractivity contribution in [1.29, 1.82) is 0 Å². The number of aliphatic hydroxyl groups excluding tert-OH is 1. The molecule has 54 valence electrons. The first-order valence-electron chi connectivity index (χ1n) is 3.12. The number of amides is 1. The van der Waals surface area contributed by atoms with Crippen LogP contribution in [-0.2, 0) is 4.79 Å². The molecule has 1 aliphatic rings. The van der Waals surface area contributed by atoms with Crippen LogP contribution in [0.4, 0.5) is 0 Å². The second-order valence-corrected chi connectivity index (χ2v) is 2.39. The van der Waals surface area contributed by atoms with Gasteiger partial charge in [-0.15, -0.1) is 6.42 Å². The summed E-state index contributed by atoms with van der Waals surface area (Å²) < 4.78 is 0. The predicted molar refractivity (Wildman–Crippen MR) is 36.0 cm³/mol. The molecule has 0 saturated carbocycles. The molecule has 3 nitrogen and oxygen atoms in total. The molecule has 1 saturated heterocycles. The molecule has 0 spiro atoms. The maximum atomic E-state index is 10.9. The van der Waals surface area contributed by atoms with Gasteiger partial charge < -0.3 is 10.4 Å². The second kappa shape index (κ2) is 2.31. The third kappa shape index (κ3) is 0.775. The molecule has 3 heteroatoms. The maximum absolute atomic E-state index is 10.9. The van der Waals surface area contributed by atoms with Gasteiger partial charge in [-0.2, -0.15) is 0 Å². The third-order valence-electron chi connectivity index (χ3n) is 1.82. The zero-order valence-electron chi connectivity index (χ0n) is 5.55. The summed E-state index contributed by atoms with van der Waals surface area (Å²) in [4.78, 5) is 10.9. The van der Waals surface area contributed by atoms with Gasteiger partial charge >= 0.3 is 0 Å². The average Bonchev–Trinajstić information content (AvgIpc) is 2.32. The minimum Gasteiger partial charge on any atom is -0.394 e. The molecule has 1 heterocycles. The zero-order chi connectivity index (χ0) is 7.61. The summed E-state index contributed by atoms with van der Waals surface area (Å²) in [5, 5.41) is 11.4. The summed E-state index contributed by atoms with van der Waals surface area (Å²) >= 11 is 0. The third-order valence-corrected chi connectivity index (χ3v) is 1.82. The Morgan fingerprint density at radius 3 is 2.80 bits per heavy atom. The van der Waals surface area contributed by atoms with E-state index in [9.17, 15) is 4.79 Å². The van der Waals surface area contributed by atoms with Crippen molar-refractivity contribution in [2.45, 2.75) is 6.42 Å². The normalized spacial score (nSPS) is 31.4. The van der Waals surface area contributed by atoms with Gasteiger partial charge in [-0.1, -0.05) is 5.92 Å². The van der Waals surface area contributed by atoms with Crippen molar-refractivity contribution in [3.8, 4) is 12.3 Å². The average molecular weight is 139 g/mol. The summed E-state index contributed by atoms with van der Waals surface area (Å²) in [5.74, 6) is 2.09. The molecule has 1 aliphatic heterocycles. The molecular formula is C7H9NO2. The zero-order valence-corrected chi connectivity index (χ0v) is 5.55. The van der Waals surface area contributed by atoms with Gasteiger partial charge in [0.1, 0.15) is 5.41 Å². The van der Waals surface area contributed by atoms with Crippen LogP contribution in [-0.4, -0.2) is 24.2 Å². The molecule has 1 fully saturated rings. The molecule has 1 atom stereocenters. The molecule has 0 bridgehead atoms. The van der Waals surface area contributed by atoms with E-state index >= 15 is 0 Å². The van der Waals surface area contributed by atoms with E-state index in [0.29, 0.717) is 13.0 Å². The van der Waals surface area contributed by atoms with E-state index in [4.69, 9.17) is 11.5 Å². The lowest BCUT2D eigenvalue weighted by Crippen LogP contribution is -2.32. The van der Waals surface area contributed by atoms with Crippen LogP contribution in [0.3, 0.4) is 0 Å². The lowest BCUT2D eigenvalue weighted by molar-refractivity contribution is -0.126. The van der Waals surface area contributed by atoms with Crippen molar-refractivity contribution in [2.75, 3.05) is 13.2 Å². The monoisotopic (exact) mass is 139 g/mol. The molecule has 0 radical (unpaired) electrons. The standard InChI is InChI=1S/C7H9NO2/c1-2-7(5-9)3-4-8-6(7)10/h1,9H,3-5H2,(H,8,10). The van der Waals surface area contributed by atoms with Crippen molar-refractivity contribution < 1.29 is 9.90 Å². The van der Waals surface area contributed by atoms with Gasteiger partial charge in [0.15, 0.2) is 0 Å². The molecule has 1 unspecified atom stereocenters.